The summed E-state index contributed by atoms with van der Waals surface area (Å²) in [4.78, 5) is 11.1. The number of aromatic nitrogens is 2. The molecule has 6 nitrogen and oxygen atoms in total. The molecular weight excluding hydrogens is 256 g/mol. The normalized spacial score (nSPS) is 13.8. The summed E-state index contributed by atoms with van der Waals surface area (Å²) in [5, 5.41) is 11.7. The molecule has 1 N–H and O–H groups in total. The van der Waals surface area contributed by atoms with E-state index in [-0.39, 0.29) is 5.75 Å². The Bertz CT molecular complexity index is 545. The standard InChI is InChI=1S/C11H18N2O4S/c1-7(2)10(11(14)15)18(16,17)6-9-5-8(3)12-13(9)4/h5,7,10H,6H2,1-4H3,(H,14,15). The van der Waals surface area contributed by atoms with Gasteiger partial charge in [-0.15, -0.1) is 0 Å². The fourth-order valence-corrected chi connectivity index (χ4v) is 3.95. The van der Waals surface area contributed by atoms with Crippen LogP contribution in [-0.4, -0.2) is 34.5 Å². The quantitative estimate of drug-likeness (QED) is 0.856. The van der Waals surface area contributed by atoms with Gasteiger partial charge in [-0.05, 0) is 18.9 Å². The van der Waals surface area contributed by atoms with E-state index >= 15 is 0 Å². The second kappa shape index (κ2) is 5.09. The number of hydrogen-bond acceptors (Lipinski definition) is 4. The molecule has 1 rings (SSSR count). The minimum absolute atomic E-state index is 0.306. The minimum Gasteiger partial charge on any atom is -0.480 e. The van der Waals surface area contributed by atoms with E-state index in [1.165, 1.54) is 4.68 Å². The van der Waals surface area contributed by atoms with Gasteiger partial charge in [0.1, 0.15) is 0 Å². The van der Waals surface area contributed by atoms with E-state index in [9.17, 15) is 13.2 Å². The van der Waals surface area contributed by atoms with E-state index in [0.29, 0.717) is 11.4 Å². The van der Waals surface area contributed by atoms with Gasteiger partial charge in [-0.1, -0.05) is 13.8 Å². The summed E-state index contributed by atoms with van der Waals surface area (Å²) in [6.07, 6.45) is 0. The van der Waals surface area contributed by atoms with Crippen molar-refractivity contribution in [3.63, 3.8) is 0 Å². The van der Waals surface area contributed by atoms with Gasteiger partial charge < -0.3 is 5.11 Å². The Morgan fingerprint density at radius 3 is 2.39 bits per heavy atom. The molecule has 1 unspecified atom stereocenters. The zero-order valence-electron chi connectivity index (χ0n) is 10.9. The van der Waals surface area contributed by atoms with Crippen LogP contribution < -0.4 is 0 Å². The first-order valence-corrected chi connectivity index (χ1v) is 7.30. The van der Waals surface area contributed by atoms with Gasteiger partial charge in [0.15, 0.2) is 15.1 Å². The van der Waals surface area contributed by atoms with E-state index < -0.39 is 27.0 Å². The predicted molar refractivity (Wildman–Crippen MR) is 66.8 cm³/mol. The van der Waals surface area contributed by atoms with Crippen LogP contribution in [0, 0.1) is 12.8 Å². The molecule has 0 aliphatic rings. The highest BCUT2D eigenvalue weighted by molar-refractivity contribution is 7.92. The Balaban J connectivity index is 3.07. The zero-order chi connectivity index (χ0) is 14.1. The number of hydrogen-bond donors (Lipinski definition) is 1. The minimum atomic E-state index is -3.74. The number of sulfone groups is 1. The SMILES string of the molecule is Cc1cc(CS(=O)(=O)C(C(=O)O)C(C)C)n(C)n1. The van der Waals surface area contributed by atoms with Crippen LogP contribution in [0.4, 0.5) is 0 Å². The number of carboxylic acid groups (broad SMARTS) is 1. The average Bonchev–Trinajstić information content (AvgIpc) is 2.41. The summed E-state index contributed by atoms with van der Waals surface area (Å²) in [5.74, 6) is -2.08. The smallest absolute Gasteiger partial charge is 0.322 e. The Labute approximate surface area is 107 Å². The van der Waals surface area contributed by atoms with Crippen molar-refractivity contribution in [2.45, 2.75) is 31.8 Å². The van der Waals surface area contributed by atoms with Gasteiger partial charge in [-0.2, -0.15) is 5.10 Å². The molecule has 1 atom stereocenters. The van der Waals surface area contributed by atoms with Gasteiger partial charge in [0.05, 0.1) is 17.1 Å². The molecule has 102 valence electrons. The highest BCUT2D eigenvalue weighted by Gasteiger charge is 2.35. The van der Waals surface area contributed by atoms with Gasteiger partial charge in [0.25, 0.3) is 0 Å². The average molecular weight is 274 g/mol. The number of rotatable bonds is 5. The number of nitrogens with zero attached hydrogens (tertiary/aromatic N) is 2. The molecule has 0 aromatic carbocycles. The highest BCUT2D eigenvalue weighted by Crippen LogP contribution is 2.18. The van der Waals surface area contributed by atoms with Gasteiger partial charge in [0.2, 0.25) is 0 Å². The van der Waals surface area contributed by atoms with Crippen molar-refractivity contribution in [2.24, 2.45) is 13.0 Å². The fourth-order valence-electron chi connectivity index (χ4n) is 1.95. The number of carbonyl (C=O) groups is 1. The molecule has 0 saturated heterocycles. The Hall–Kier alpha value is -1.37. The van der Waals surface area contributed by atoms with Crippen LogP contribution in [0.5, 0.6) is 0 Å². The number of aryl methyl sites for hydroxylation is 2. The van der Waals surface area contributed by atoms with Crippen LogP contribution in [0.25, 0.3) is 0 Å². The van der Waals surface area contributed by atoms with Crippen molar-refractivity contribution >= 4 is 15.8 Å². The summed E-state index contributed by atoms with van der Waals surface area (Å²) >= 11 is 0. The summed E-state index contributed by atoms with van der Waals surface area (Å²) in [7, 11) is -2.10. The van der Waals surface area contributed by atoms with Crippen LogP contribution in [-0.2, 0) is 27.4 Å². The summed E-state index contributed by atoms with van der Waals surface area (Å²) in [6.45, 7) is 4.93. The van der Waals surface area contributed by atoms with Crippen LogP contribution in [0.15, 0.2) is 6.07 Å². The van der Waals surface area contributed by atoms with E-state index in [1.54, 1.807) is 33.9 Å². The Kier molecular flexibility index (Phi) is 4.16. The molecule has 0 spiro atoms. The summed E-state index contributed by atoms with van der Waals surface area (Å²) in [5.41, 5.74) is 1.21. The molecule has 0 amide bonds. The second-order valence-corrected chi connectivity index (χ2v) is 6.83. The molecule has 1 aromatic heterocycles. The monoisotopic (exact) mass is 274 g/mol. The third-order valence-corrected chi connectivity index (χ3v) is 4.90. The molecule has 0 radical (unpaired) electrons. The number of carboxylic acids is 1. The molecule has 0 aliphatic carbocycles. The van der Waals surface area contributed by atoms with E-state index in [0.717, 1.165) is 0 Å². The lowest BCUT2D eigenvalue weighted by atomic mass is 10.1. The molecule has 0 aliphatic heterocycles. The van der Waals surface area contributed by atoms with Crippen LogP contribution in [0.2, 0.25) is 0 Å². The van der Waals surface area contributed by atoms with Crippen molar-refractivity contribution < 1.29 is 18.3 Å². The van der Waals surface area contributed by atoms with Crippen molar-refractivity contribution in [1.29, 1.82) is 0 Å². The molecule has 0 fully saturated rings. The predicted octanol–water partition coefficient (Wildman–Crippen LogP) is 0.753. The van der Waals surface area contributed by atoms with Gasteiger partial charge in [-0.3, -0.25) is 9.48 Å². The summed E-state index contributed by atoms with van der Waals surface area (Å²) < 4.78 is 25.7. The third-order valence-electron chi connectivity index (χ3n) is 2.68. The van der Waals surface area contributed by atoms with Crippen LogP contribution >= 0.6 is 0 Å². The first kappa shape index (κ1) is 14.7. The van der Waals surface area contributed by atoms with E-state index in [2.05, 4.69) is 5.10 Å². The topological polar surface area (TPSA) is 89.3 Å². The van der Waals surface area contributed by atoms with E-state index in [1.807, 2.05) is 0 Å². The maximum absolute atomic E-state index is 12.1. The van der Waals surface area contributed by atoms with Gasteiger partial charge in [-0.25, -0.2) is 8.42 Å². The first-order valence-electron chi connectivity index (χ1n) is 5.59. The van der Waals surface area contributed by atoms with Crippen molar-refractivity contribution in [3.05, 3.63) is 17.5 Å². The van der Waals surface area contributed by atoms with Crippen LogP contribution in [0.3, 0.4) is 0 Å². The fraction of sp³-hybridized carbons (Fsp3) is 0.636. The van der Waals surface area contributed by atoms with E-state index in [4.69, 9.17) is 5.11 Å². The van der Waals surface area contributed by atoms with Crippen molar-refractivity contribution in [3.8, 4) is 0 Å². The Morgan fingerprint density at radius 1 is 1.50 bits per heavy atom. The van der Waals surface area contributed by atoms with Gasteiger partial charge in [0, 0.05) is 7.05 Å². The molecular formula is C11H18N2O4S. The number of aliphatic carboxylic acids is 1. The van der Waals surface area contributed by atoms with Crippen molar-refractivity contribution in [2.75, 3.05) is 0 Å². The Morgan fingerprint density at radius 2 is 2.06 bits per heavy atom. The largest absolute Gasteiger partial charge is 0.480 e. The highest BCUT2D eigenvalue weighted by atomic mass is 32.2. The van der Waals surface area contributed by atoms with Gasteiger partial charge >= 0.3 is 5.97 Å². The molecule has 18 heavy (non-hydrogen) atoms. The lowest BCUT2D eigenvalue weighted by Crippen LogP contribution is -2.36. The second-order valence-electron chi connectivity index (χ2n) is 4.71. The molecule has 0 bridgehead atoms. The van der Waals surface area contributed by atoms with Crippen molar-refractivity contribution in [1.82, 2.24) is 9.78 Å². The molecule has 1 heterocycles. The zero-order valence-corrected chi connectivity index (χ0v) is 11.7. The molecule has 0 saturated carbocycles. The maximum Gasteiger partial charge on any atom is 0.322 e. The first-order chi connectivity index (χ1) is 8.15. The summed E-state index contributed by atoms with van der Waals surface area (Å²) in [6, 6.07) is 1.65. The lowest BCUT2D eigenvalue weighted by molar-refractivity contribution is -0.137. The lowest BCUT2D eigenvalue weighted by Gasteiger charge is -2.16. The molecule has 1 aromatic rings. The van der Waals surface area contributed by atoms with Crippen LogP contribution in [0.1, 0.15) is 25.2 Å². The molecule has 7 heteroatoms. The third kappa shape index (κ3) is 3.10. The maximum atomic E-state index is 12.1.